The second-order valence-electron chi connectivity index (χ2n) is 4.44. The van der Waals surface area contributed by atoms with Gasteiger partial charge in [-0.25, -0.2) is 18.7 Å². The number of aromatic nitrogens is 3. The molecular weight excluding hydrogens is 310 g/mol. The van der Waals surface area contributed by atoms with Gasteiger partial charge in [0.05, 0.1) is 22.4 Å². The second kappa shape index (κ2) is 6.10. The number of hydrogen-bond acceptors (Lipinski definition) is 5. The summed E-state index contributed by atoms with van der Waals surface area (Å²) < 4.78 is 25.6. The van der Waals surface area contributed by atoms with Crippen LogP contribution in [0, 0.1) is 0 Å². The zero-order valence-corrected chi connectivity index (χ0v) is 12.0. The Morgan fingerprint density at radius 1 is 1.23 bits per heavy atom. The van der Waals surface area contributed by atoms with Crippen LogP contribution in [-0.2, 0) is 6.54 Å². The number of thiophene rings is 1. The van der Waals surface area contributed by atoms with Gasteiger partial charge in [-0.15, -0.1) is 11.3 Å². The summed E-state index contributed by atoms with van der Waals surface area (Å²) >= 11 is 1.45. The van der Waals surface area contributed by atoms with E-state index in [2.05, 4.69) is 20.3 Å². The number of halogens is 2. The summed E-state index contributed by atoms with van der Waals surface area (Å²) in [6.45, 7) is 0.0596. The molecule has 5 nitrogen and oxygen atoms in total. The number of carbonyl (C=O) groups is 1. The Kier molecular flexibility index (Phi) is 4.01. The smallest absolute Gasteiger partial charge is 0.266 e. The summed E-state index contributed by atoms with van der Waals surface area (Å²) in [4.78, 5) is 23.8. The minimum atomic E-state index is -2.61. The predicted molar refractivity (Wildman–Crippen MR) is 77.8 cm³/mol. The van der Waals surface area contributed by atoms with Crippen molar-refractivity contribution in [3.05, 3.63) is 53.2 Å². The molecule has 0 aliphatic rings. The monoisotopic (exact) mass is 320 g/mol. The van der Waals surface area contributed by atoms with E-state index in [4.69, 9.17) is 0 Å². The van der Waals surface area contributed by atoms with Gasteiger partial charge in [0.1, 0.15) is 5.82 Å². The summed E-state index contributed by atoms with van der Waals surface area (Å²) in [7, 11) is 0. The number of pyridine rings is 1. The molecule has 1 amide bonds. The Balaban J connectivity index is 1.71. The van der Waals surface area contributed by atoms with E-state index in [9.17, 15) is 13.6 Å². The maximum absolute atomic E-state index is 12.4. The van der Waals surface area contributed by atoms with Crippen molar-refractivity contribution in [1.82, 2.24) is 20.3 Å². The molecule has 0 atom stereocenters. The highest BCUT2D eigenvalue weighted by atomic mass is 32.1. The molecule has 0 saturated carbocycles. The number of fused-ring (bicyclic) bond motifs is 1. The van der Waals surface area contributed by atoms with Gasteiger partial charge in [-0.3, -0.25) is 9.78 Å². The molecule has 0 bridgehead atoms. The van der Waals surface area contributed by atoms with Crippen molar-refractivity contribution in [3.63, 3.8) is 0 Å². The minimum Gasteiger partial charge on any atom is -0.345 e. The Labute approximate surface area is 128 Å². The van der Waals surface area contributed by atoms with Gasteiger partial charge >= 0.3 is 0 Å². The van der Waals surface area contributed by atoms with E-state index in [1.807, 2.05) is 11.4 Å². The van der Waals surface area contributed by atoms with Crippen LogP contribution in [0.2, 0.25) is 0 Å². The average molecular weight is 320 g/mol. The summed E-state index contributed by atoms with van der Waals surface area (Å²) in [5.41, 5.74) is 0.222. The largest absolute Gasteiger partial charge is 0.345 e. The summed E-state index contributed by atoms with van der Waals surface area (Å²) in [5.74, 6) is -0.0360. The van der Waals surface area contributed by atoms with Crippen molar-refractivity contribution < 1.29 is 13.6 Å². The first kappa shape index (κ1) is 14.5. The van der Waals surface area contributed by atoms with Gasteiger partial charge in [0.15, 0.2) is 0 Å². The average Bonchev–Trinajstić information content (AvgIpc) is 3.01. The lowest BCUT2D eigenvalue weighted by Crippen LogP contribution is -2.24. The third-order valence-electron chi connectivity index (χ3n) is 2.99. The van der Waals surface area contributed by atoms with Crippen molar-refractivity contribution in [2.24, 2.45) is 0 Å². The molecule has 3 aromatic heterocycles. The van der Waals surface area contributed by atoms with Crippen molar-refractivity contribution in [2.45, 2.75) is 13.0 Å². The van der Waals surface area contributed by atoms with Gasteiger partial charge in [-0.2, -0.15) is 0 Å². The van der Waals surface area contributed by atoms with E-state index in [1.54, 1.807) is 6.20 Å². The first-order valence-electron chi connectivity index (χ1n) is 6.33. The molecule has 3 aromatic rings. The highest BCUT2D eigenvalue weighted by molar-refractivity contribution is 7.17. The lowest BCUT2D eigenvalue weighted by Gasteiger charge is -2.05. The first-order chi connectivity index (χ1) is 10.6. The molecule has 0 spiro atoms. The number of alkyl halides is 2. The third kappa shape index (κ3) is 2.91. The van der Waals surface area contributed by atoms with Crippen LogP contribution in [-0.4, -0.2) is 20.9 Å². The summed E-state index contributed by atoms with van der Waals surface area (Å²) in [5, 5.41) is 5.44. The number of hydrogen-bond donors (Lipinski definition) is 1. The molecule has 0 saturated heterocycles. The molecule has 22 heavy (non-hydrogen) atoms. The van der Waals surface area contributed by atoms with E-state index >= 15 is 0 Å². The van der Waals surface area contributed by atoms with Crippen molar-refractivity contribution >= 4 is 27.3 Å². The predicted octanol–water partition coefficient (Wildman–Crippen LogP) is 2.95. The minimum absolute atomic E-state index is 0.0596. The molecule has 0 radical (unpaired) electrons. The van der Waals surface area contributed by atoms with Gasteiger partial charge < -0.3 is 5.32 Å². The quantitative estimate of drug-likeness (QED) is 0.802. The highest BCUT2D eigenvalue weighted by Crippen LogP contribution is 2.23. The van der Waals surface area contributed by atoms with Crippen molar-refractivity contribution in [3.8, 4) is 0 Å². The fourth-order valence-electron chi connectivity index (χ4n) is 1.88. The fourth-order valence-corrected chi connectivity index (χ4v) is 2.76. The van der Waals surface area contributed by atoms with Crippen LogP contribution < -0.4 is 5.32 Å². The number of nitrogens with zero attached hydrogens (tertiary/aromatic N) is 3. The lowest BCUT2D eigenvalue weighted by molar-refractivity contribution is 0.0951. The number of nitrogens with one attached hydrogen (secondary N) is 1. The number of rotatable bonds is 4. The fraction of sp³-hybridized carbons (Fsp3) is 0.143. The summed E-state index contributed by atoms with van der Waals surface area (Å²) in [6.07, 6.45) is 2.69. The van der Waals surface area contributed by atoms with Crippen molar-refractivity contribution in [1.29, 1.82) is 0 Å². The van der Waals surface area contributed by atoms with Gasteiger partial charge in [0.25, 0.3) is 12.3 Å². The van der Waals surface area contributed by atoms with E-state index in [0.717, 1.165) is 22.5 Å². The molecule has 0 fully saturated rings. The van der Waals surface area contributed by atoms with Gasteiger partial charge in [-0.1, -0.05) is 0 Å². The molecule has 0 aliphatic heterocycles. The molecule has 8 heteroatoms. The highest BCUT2D eigenvalue weighted by Gasteiger charge is 2.12. The van der Waals surface area contributed by atoms with Crippen LogP contribution in [0.4, 0.5) is 8.78 Å². The van der Waals surface area contributed by atoms with Crippen molar-refractivity contribution in [2.75, 3.05) is 0 Å². The lowest BCUT2D eigenvalue weighted by atomic mass is 10.2. The zero-order valence-electron chi connectivity index (χ0n) is 11.2. The molecule has 0 aromatic carbocycles. The number of amides is 1. The SMILES string of the molecule is O=C(NCc1ncc(C(F)F)cn1)c1cncc2ccsc12. The maximum atomic E-state index is 12.4. The van der Waals surface area contributed by atoms with E-state index < -0.39 is 6.43 Å². The number of carbonyl (C=O) groups excluding carboxylic acids is 1. The molecule has 112 valence electrons. The normalized spacial score (nSPS) is 11.0. The van der Waals surface area contributed by atoms with E-state index in [0.29, 0.717) is 5.56 Å². The summed E-state index contributed by atoms with van der Waals surface area (Å²) in [6, 6.07) is 1.88. The molecular formula is C14H10F2N4OS. The zero-order chi connectivity index (χ0) is 15.5. The van der Waals surface area contributed by atoms with E-state index in [1.165, 1.54) is 17.5 Å². The Morgan fingerprint density at radius 3 is 2.73 bits per heavy atom. The molecule has 0 aliphatic carbocycles. The Morgan fingerprint density at radius 2 is 2.00 bits per heavy atom. The standard InChI is InChI=1S/C14H10F2N4OS/c15-13(16)9-4-18-11(19-5-9)7-20-14(21)10-6-17-3-8-1-2-22-12(8)10/h1-6,13H,7H2,(H,20,21). The molecule has 0 unspecified atom stereocenters. The molecule has 3 heterocycles. The van der Waals surface area contributed by atoms with Gasteiger partial charge in [-0.05, 0) is 11.4 Å². The van der Waals surface area contributed by atoms with E-state index in [-0.39, 0.29) is 23.8 Å². The molecule has 3 rings (SSSR count). The second-order valence-corrected chi connectivity index (χ2v) is 5.36. The molecule has 1 N–H and O–H groups in total. The van der Waals surface area contributed by atoms with Gasteiger partial charge in [0.2, 0.25) is 0 Å². The topological polar surface area (TPSA) is 67.8 Å². The maximum Gasteiger partial charge on any atom is 0.266 e. The van der Waals surface area contributed by atoms with Crippen LogP contribution in [0.3, 0.4) is 0 Å². The van der Waals surface area contributed by atoms with Crippen LogP contribution in [0.5, 0.6) is 0 Å². The van der Waals surface area contributed by atoms with Crippen LogP contribution in [0.15, 0.2) is 36.2 Å². The Hall–Kier alpha value is -2.48. The first-order valence-corrected chi connectivity index (χ1v) is 7.21. The van der Waals surface area contributed by atoms with Gasteiger partial charge in [0, 0.05) is 30.2 Å². The van der Waals surface area contributed by atoms with Crippen LogP contribution >= 0.6 is 11.3 Å². The Bertz CT molecular complexity index is 804. The third-order valence-corrected chi connectivity index (χ3v) is 3.95. The van der Waals surface area contributed by atoms with Crippen LogP contribution in [0.1, 0.15) is 28.2 Å². The van der Waals surface area contributed by atoms with Crippen LogP contribution in [0.25, 0.3) is 10.1 Å².